The second kappa shape index (κ2) is 8.54. The molecule has 0 radical (unpaired) electrons. The molecule has 0 aliphatic carbocycles. The normalized spacial score (nSPS) is 10.2. The third-order valence-corrected chi connectivity index (χ3v) is 4.51. The molecular formula is C21H18ClN3O3. The topological polar surface area (TPSA) is 80.3 Å². The van der Waals surface area contributed by atoms with Gasteiger partial charge in [-0.15, -0.1) is 0 Å². The van der Waals surface area contributed by atoms with E-state index in [0.29, 0.717) is 27.7 Å². The SMILES string of the molecule is COC(=O)c1cccc(NC(=O)c2ccc(Nc3cccc(Cl)c3C)nc2)c1. The summed E-state index contributed by atoms with van der Waals surface area (Å²) in [6.07, 6.45) is 1.47. The Kier molecular flexibility index (Phi) is 5.91. The molecule has 142 valence electrons. The molecule has 0 spiro atoms. The number of aromatic nitrogens is 1. The van der Waals surface area contributed by atoms with Crippen LogP contribution in [0, 0.1) is 6.92 Å². The number of rotatable bonds is 5. The molecule has 0 unspecified atom stereocenters. The fourth-order valence-corrected chi connectivity index (χ4v) is 2.70. The minimum atomic E-state index is -0.468. The number of methoxy groups -OCH3 is 1. The lowest BCUT2D eigenvalue weighted by Gasteiger charge is -2.10. The summed E-state index contributed by atoms with van der Waals surface area (Å²) in [4.78, 5) is 28.3. The lowest BCUT2D eigenvalue weighted by molar-refractivity contribution is 0.0600. The number of nitrogens with one attached hydrogen (secondary N) is 2. The van der Waals surface area contributed by atoms with E-state index < -0.39 is 5.97 Å². The van der Waals surface area contributed by atoms with Crippen LogP contribution in [0.4, 0.5) is 17.2 Å². The minimum absolute atomic E-state index is 0.333. The van der Waals surface area contributed by atoms with Crippen LogP contribution in [-0.2, 0) is 4.74 Å². The first kappa shape index (κ1) is 19.4. The number of ether oxygens (including phenoxy) is 1. The van der Waals surface area contributed by atoms with Gasteiger partial charge in [0.05, 0.1) is 18.2 Å². The summed E-state index contributed by atoms with van der Waals surface area (Å²) in [5, 5.41) is 6.58. The number of esters is 1. The van der Waals surface area contributed by atoms with Crippen LogP contribution in [-0.4, -0.2) is 24.0 Å². The highest BCUT2D eigenvalue weighted by atomic mass is 35.5. The minimum Gasteiger partial charge on any atom is -0.465 e. The first-order valence-corrected chi connectivity index (χ1v) is 8.83. The van der Waals surface area contributed by atoms with Gasteiger partial charge in [0.15, 0.2) is 0 Å². The lowest BCUT2D eigenvalue weighted by atomic mass is 10.2. The lowest BCUT2D eigenvalue weighted by Crippen LogP contribution is -2.13. The number of halogens is 1. The van der Waals surface area contributed by atoms with Crippen molar-refractivity contribution < 1.29 is 14.3 Å². The van der Waals surface area contributed by atoms with Crippen LogP contribution in [0.2, 0.25) is 5.02 Å². The van der Waals surface area contributed by atoms with Crippen molar-refractivity contribution in [3.63, 3.8) is 0 Å². The Morgan fingerprint density at radius 1 is 1.04 bits per heavy atom. The van der Waals surface area contributed by atoms with Crippen LogP contribution in [0.1, 0.15) is 26.3 Å². The summed E-state index contributed by atoms with van der Waals surface area (Å²) < 4.78 is 4.68. The van der Waals surface area contributed by atoms with E-state index in [1.54, 1.807) is 36.4 Å². The Hall–Kier alpha value is -3.38. The van der Waals surface area contributed by atoms with E-state index in [1.165, 1.54) is 13.3 Å². The summed E-state index contributed by atoms with van der Waals surface area (Å²) in [7, 11) is 1.31. The number of benzene rings is 2. The van der Waals surface area contributed by atoms with Crippen molar-refractivity contribution in [1.29, 1.82) is 0 Å². The molecule has 0 fully saturated rings. The molecule has 0 saturated carbocycles. The summed E-state index contributed by atoms with van der Waals surface area (Å²) >= 11 is 6.12. The molecular weight excluding hydrogens is 378 g/mol. The third-order valence-electron chi connectivity index (χ3n) is 4.10. The summed E-state index contributed by atoms with van der Waals surface area (Å²) in [5.41, 5.74) is 2.99. The third kappa shape index (κ3) is 4.47. The average molecular weight is 396 g/mol. The van der Waals surface area contributed by atoms with Gasteiger partial charge in [-0.2, -0.15) is 0 Å². The number of hydrogen-bond acceptors (Lipinski definition) is 5. The van der Waals surface area contributed by atoms with Crippen LogP contribution in [0.15, 0.2) is 60.8 Å². The van der Waals surface area contributed by atoms with Crippen LogP contribution in [0.25, 0.3) is 0 Å². The van der Waals surface area contributed by atoms with Gasteiger partial charge in [-0.05, 0) is 55.0 Å². The number of hydrogen-bond donors (Lipinski definition) is 2. The number of pyridine rings is 1. The molecule has 1 heterocycles. The van der Waals surface area contributed by atoms with E-state index >= 15 is 0 Å². The maximum absolute atomic E-state index is 12.4. The first-order chi connectivity index (χ1) is 13.5. The fourth-order valence-electron chi connectivity index (χ4n) is 2.53. The van der Waals surface area contributed by atoms with E-state index in [0.717, 1.165) is 11.3 Å². The number of anilines is 3. The van der Waals surface area contributed by atoms with Gasteiger partial charge in [-0.25, -0.2) is 9.78 Å². The zero-order valence-electron chi connectivity index (χ0n) is 15.3. The van der Waals surface area contributed by atoms with E-state index in [1.807, 2.05) is 25.1 Å². The Labute approximate surface area is 167 Å². The van der Waals surface area contributed by atoms with Gasteiger partial charge in [-0.3, -0.25) is 4.79 Å². The van der Waals surface area contributed by atoms with E-state index in [-0.39, 0.29) is 5.91 Å². The van der Waals surface area contributed by atoms with Gasteiger partial charge in [0.1, 0.15) is 5.82 Å². The Balaban J connectivity index is 1.70. The first-order valence-electron chi connectivity index (χ1n) is 8.46. The molecule has 0 aliphatic heterocycles. The molecule has 3 aromatic rings. The number of carbonyl (C=O) groups excluding carboxylic acids is 2. The molecule has 2 N–H and O–H groups in total. The highest BCUT2D eigenvalue weighted by molar-refractivity contribution is 6.31. The number of nitrogens with zero attached hydrogens (tertiary/aromatic N) is 1. The van der Waals surface area contributed by atoms with Gasteiger partial charge >= 0.3 is 5.97 Å². The smallest absolute Gasteiger partial charge is 0.337 e. The van der Waals surface area contributed by atoms with Crippen LogP contribution < -0.4 is 10.6 Å². The van der Waals surface area contributed by atoms with Gasteiger partial charge in [0.25, 0.3) is 5.91 Å². The maximum atomic E-state index is 12.4. The second-order valence-electron chi connectivity index (χ2n) is 6.00. The van der Waals surface area contributed by atoms with Crippen LogP contribution in [0.3, 0.4) is 0 Å². The van der Waals surface area contributed by atoms with Crippen LogP contribution >= 0.6 is 11.6 Å². The van der Waals surface area contributed by atoms with Gasteiger partial charge in [0.2, 0.25) is 0 Å². The molecule has 1 aromatic heterocycles. The molecule has 0 atom stereocenters. The molecule has 7 heteroatoms. The molecule has 1 amide bonds. The molecule has 0 saturated heterocycles. The molecule has 0 aliphatic rings. The fraction of sp³-hybridized carbons (Fsp3) is 0.0952. The van der Waals surface area contributed by atoms with Crippen molar-refractivity contribution in [2.75, 3.05) is 17.7 Å². The Morgan fingerprint density at radius 3 is 2.54 bits per heavy atom. The van der Waals surface area contributed by atoms with Crippen molar-refractivity contribution in [3.05, 3.63) is 82.5 Å². The zero-order chi connectivity index (χ0) is 20.1. The molecule has 3 rings (SSSR count). The van der Waals surface area contributed by atoms with Crippen molar-refractivity contribution in [2.24, 2.45) is 0 Å². The van der Waals surface area contributed by atoms with Crippen molar-refractivity contribution in [3.8, 4) is 0 Å². The van der Waals surface area contributed by atoms with E-state index in [2.05, 4.69) is 20.4 Å². The molecule has 2 aromatic carbocycles. The zero-order valence-corrected chi connectivity index (χ0v) is 16.1. The number of amides is 1. The molecule has 6 nitrogen and oxygen atoms in total. The predicted octanol–water partition coefficient (Wildman–Crippen LogP) is 4.83. The van der Waals surface area contributed by atoms with E-state index in [4.69, 9.17) is 11.6 Å². The monoisotopic (exact) mass is 395 g/mol. The standard InChI is InChI=1S/C21H18ClN3O3/c1-13-17(22)7-4-8-18(13)25-19-10-9-15(12-23-19)20(26)24-16-6-3-5-14(11-16)21(27)28-2/h3-12H,1-2H3,(H,23,25)(H,24,26). The quantitative estimate of drug-likeness (QED) is 0.605. The Bertz CT molecular complexity index is 1020. The molecule has 28 heavy (non-hydrogen) atoms. The Morgan fingerprint density at radius 2 is 1.82 bits per heavy atom. The van der Waals surface area contributed by atoms with Crippen molar-refractivity contribution >= 4 is 40.7 Å². The predicted molar refractivity (Wildman–Crippen MR) is 109 cm³/mol. The average Bonchev–Trinajstić information content (AvgIpc) is 2.71. The van der Waals surface area contributed by atoms with Crippen LogP contribution in [0.5, 0.6) is 0 Å². The van der Waals surface area contributed by atoms with Gasteiger partial charge < -0.3 is 15.4 Å². The maximum Gasteiger partial charge on any atom is 0.337 e. The summed E-state index contributed by atoms with van der Waals surface area (Å²) in [6, 6.07) is 15.5. The van der Waals surface area contributed by atoms with Crippen molar-refractivity contribution in [1.82, 2.24) is 4.98 Å². The highest BCUT2D eigenvalue weighted by Gasteiger charge is 2.10. The van der Waals surface area contributed by atoms with Gasteiger partial charge in [0, 0.05) is 22.6 Å². The highest BCUT2D eigenvalue weighted by Crippen LogP contribution is 2.25. The van der Waals surface area contributed by atoms with E-state index in [9.17, 15) is 9.59 Å². The number of carbonyl (C=O) groups is 2. The molecule has 0 bridgehead atoms. The van der Waals surface area contributed by atoms with Crippen molar-refractivity contribution in [2.45, 2.75) is 6.92 Å². The summed E-state index contributed by atoms with van der Waals surface area (Å²) in [6.45, 7) is 1.91. The summed E-state index contributed by atoms with van der Waals surface area (Å²) in [5.74, 6) is -0.209. The van der Waals surface area contributed by atoms with Gasteiger partial charge in [-0.1, -0.05) is 23.7 Å². The second-order valence-corrected chi connectivity index (χ2v) is 6.40. The largest absolute Gasteiger partial charge is 0.465 e.